The summed E-state index contributed by atoms with van der Waals surface area (Å²) in [6, 6.07) is 11.5. The number of nitrogens with zero attached hydrogens (tertiary/aromatic N) is 2. The molecule has 128 valence electrons. The van der Waals surface area contributed by atoms with Gasteiger partial charge in [0.15, 0.2) is 5.96 Å². The summed E-state index contributed by atoms with van der Waals surface area (Å²) >= 11 is 6.04. The average Bonchev–Trinajstić information content (AvgIpc) is 2.60. The Morgan fingerprint density at radius 2 is 2.08 bits per heavy atom. The highest BCUT2D eigenvalue weighted by molar-refractivity contribution is 6.30. The summed E-state index contributed by atoms with van der Waals surface area (Å²) in [6.45, 7) is 6.48. The molecule has 0 saturated heterocycles. The smallest absolute Gasteiger partial charge is 0.191 e. The Morgan fingerprint density at radius 1 is 1.21 bits per heavy atom. The number of hydrogen-bond acceptors (Lipinski definition) is 3. The number of ether oxygens (including phenoxy) is 1. The van der Waals surface area contributed by atoms with Gasteiger partial charge in [0.25, 0.3) is 0 Å². The molecule has 2 rings (SSSR count). The van der Waals surface area contributed by atoms with Crippen LogP contribution in [0.5, 0.6) is 5.75 Å². The molecular weight excluding hydrogens is 324 g/mol. The Kier molecular flexibility index (Phi) is 7.36. The van der Waals surface area contributed by atoms with Crippen LogP contribution in [0.25, 0.3) is 0 Å². The van der Waals surface area contributed by atoms with E-state index in [-0.39, 0.29) is 0 Å². The molecule has 0 atom stereocenters. The van der Waals surface area contributed by atoms with Gasteiger partial charge in [0.1, 0.15) is 5.75 Å². The highest BCUT2D eigenvalue weighted by atomic mass is 35.5. The van der Waals surface area contributed by atoms with Crippen LogP contribution in [-0.2, 0) is 13.1 Å². The predicted octanol–water partition coefficient (Wildman–Crippen LogP) is 3.39. The summed E-state index contributed by atoms with van der Waals surface area (Å²) in [4.78, 5) is 8.91. The molecule has 2 N–H and O–H groups in total. The van der Waals surface area contributed by atoms with Gasteiger partial charge >= 0.3 is 0 Å². The van der Waals surface area contributed by atoms with E-state index in [1.807, 2.05) is 50.2 Å². The Morgan fingerprint density at radius 3 is 2.79 bits per heavy atom. The third-order valence-electron chi connectivity index (χ3n) is 3.24. The van der Waals surface area contributed by atoms with Crippen molar-refractivity contribution in [2.45, 2.75) is 26.9 Å². The molecule has 0 unspecified atom stereocenters. The van der Waals surface area contributed by atoms with E-state index in [0.29, 0.717) is 24.7 Å². The lowest BCUT2D eigenvalue weighted by Gasteiger charge is -2.12. The molecule has 0 aliphatic carbocycles. The minimum Gasteiger partial charge on any atom is -0.493 e. The number of aliphatic imine (C=N–C) groups is 1. The quantitative estimate of drug-likeness (QED) is 0.596. The fourth-order valence-electron chi connectivity index (χ4n) is 2.13. The topological polar surface area (TPSA) is 58.5 Å². The molecule has 0 aliphatic heterocycles. The Hall–Kier alpha value is -2.27. The van der Waals surface area contributed by atoms with Crippen molar-refractivity contribution in [1.29, 1.82) is 0 Å². The summed E-state index contributed by atoms with van der Waals surface area (Å²) in [5.41, 5.74) is 1.96. The first-order valence-corrected chi connectivity index (χ1v) is 8.44. The fourth-order valence-corrected chi connectivity index (χ4v) is 2.29. The molecule has 0 bridgehead atoms. The van der Waals surface area contributed by atoms with Crippen LogP contribution in [0.4, 0.5) is 0 Å². The van der Waals surface area contributed by atoms with E-state index in [2.05, 4.69) is 20.6 Å². The van der Waals surface area contributed by atoms with E-state index < -0.39 is 0 Å². The summed E-state index contributed by atoms with van der Waals surface area (Å²) in [5.74, 6) is 1.51. The SMILES string of the molecule is CCNC(=NCc1ccc(Cl)cc1OCC)NCc1ccccn1. The molecular formula is C18H23ClN4O. The largest absolute Gasteiger partial charge is 0.493 e. The van der Waals surface area contributed by atoms with Crippen LogP contribution in [-0.4, -0.2) is 24.1 Å². The number of nitrogens with one attached hydrogen (secondary N) is 2. The van der Waals surface area contributed by atoms with Gasteiger partial charge in [-0.05, 0) is 38.1 Å². The third-order valence-corrected chi connectivity index (χ3v) is 3.48. The first-order valence-electron chi connectivity index (χ1n) is 8.06. The molecule has 0 saturated carbocycles. The zero-order valence-electron chi connectivity index (χ0n) is 14.1. The molecule has 2 aromatic rings. The Labute approximate surface area is 148 Å². The van der Waals surface area contributed by atoms with Crippen molar-refractivity contribution in [3.8, 4) is 5.75 Å². The highest BCUT2D eigenvalue weighted by Crippen LogP contribution is 2.24. The number of aromatic nitrogens is 1. The maximum Gasteiger partial charge on any atom is 0.191 e. The molecule has 0 aliphatic rings. The van der Waals surface area contributed by atoms with Crippen molar-refractivity contribution >= 4 is 17.6 Å². The summed E-state index contributed by atoms with van der Waals surface area (Å²) < 4.78 is 5.63. The van der Waals surface area contributed by atoms with Gasteiger partial charge in [0.05, 0.1) is 25.4 Å². The molecule has 6 heteroatoms. The van der Waals surface area contributed by atoms with E-state index in [9.17, 15) is 0 Å². The lowest BCUT2D eigenvalue weighted by atomic mass is 10.2. The van der Waals surface area contributed by atoms with Crippen molar-refractivity contribution in [1.82, 2.24) is 15.6 Å². The maximum atomic E-state index is 6.04. The van der Waals surface area contributed by atoms with E-state index >= 15 is 0 Å². The molecule has 1 aromatic carbocycles. The van der Waals surface area contributed by atoms with Crippen molar-refractivity contribution in [2.24, 2.45) is 4.99 Å². The average molecular weight is 347 g/mol. The van der Waals surface area contributed by atoms with Crippen LogP contribution in [0, 0.1) is 0 Å². The number of benzene rings is 1. The lowest BCUT2D eigenvalue weighted by Crippen LogP contribution is -2.37. The molecule has 0 amide bonds. The lowest BCUT2D eigenvalue weighted by molar-refractivity contribution is 0.336. The summed E-state index contributed by atoms with van der Waals surface area (Å²) in [6.07, 6.45) is 1.78. The number of guanidine groups is 1. The van der Waals surface area contributed by atoms with Gasteiger partial charge < -0.3 is 15.4 Å². The van der Waals surface area contributed by atoms with Crippen LogP contribution >= 0.6 is 11.6 Å². The first kappa shape index (κ1) is 18.1. The van der Waals surface area contributed by atoms with E-state index in [4.69, 9.17) is 16.3 Å². The van der Waals surface area contributed by atoms with Crippen LogP contribution in [0.15, 0.2) is 47.6 Å². The molecule has 1 aromatic heterocycles. The predicted molar refractivity (Wildman–Crippen MR) is 98.5 cm³/mol. The van der Waals surface area contributed by atoms with Gasteiger partial charge in [-0.1, -0.05) is 23.7 Å². The number of hydrogen-bond donors (Lipinski definition) is 2. The van der Waals surface area contributed by atoms with Gasteiger partial charge in [-0.15, -0.1) is 0 Å². The molecule has 5 nitrogen and oxygen atoms in total. The second-order valence-corrected chi connectivity index (χ2v) is 5.49. The number of halogens is 1. The molecule has 0 radical (unpaired) electrons. The van der Waals surface area contributed by atoms with Crippen molar-refractivity contribution in [3.63, 3.8) is 0 Å². The fraction of sp³-hybridized carbons (Fsp3) is 0.333. The maximum absolute atomic E-state index is 6.04. The molecule has 1 heterocycles. The highest BCUT2D eigenvalue weighted by Gasteiger charge is 2.05. The standard InChI is InChI=1S/C18H23ClN4O/c1-3-20-18(23-13-16-7-5-6-10-21-16)22-12-14-8-9-15(19)11-17(14)24-4-2/h5-11H,3-4,12-13H2,1-2H3,(H2,20,22,23). The summed E-state index contributed by atoms with van der Waals surface area (Å²) in [5, 5.41) is 7.17. The number of rotatable bonds is 7. The monoisotopic (exact) mass is 346 g/mol. The van der Waals surface area contributed by atoms with Gasteiger partial charge in [0.2, 0.25) is 0 Å². The van der Waals surface area contributed by atoms with E-state index in [0.717, 1.165) is 29.5 Å². The van der Waals surface area contributed by atoms with Crippen LogP contribution < -0.4 is 15.4 Å². The van der Waals surface area contributed by atoms with Crippen molar-refractivity contribution < 1.29 is 4.74 Å². The molecule has 0 fully saturated rings. The van der Waals surface area contributed by atoms with Crippen LogP contribution in [0.1, 0.15) is 25.1 Å². The molecule has 0 spiro atoms. The van der Waals surface area contributed by atoms with Gasteiger partial charge in [-0.3, -0.25) is 4.98 Å². The van der Waals surface area contributed by atoms with E-state index in [1.54, 1.807) is 6.20 Å². The van der Waals surface area contributed by atoms with Gasteiger partial charge in [0, 0.05) is 23.3 Å². The number of pyridine rings is 1. The van der Waals surface area contributed by atoms with E-state index in [1.165, 1.54) is 0 Å². The first-order chi connectivity index (χ1) is 11.7. The second kappa shape index (κ2) is 9.78. The minimum absolute atomic E-state index is 0.504. The van der Waals surface area contributed by atoms with Crippen LogP contribution in [0.2, 0.25) is 5.02 Å². The Balaban J connectivity index is 2.05. The summed E-state index contributed by atoms with van der Waals surface area (Å²) in [7, 11) is 0. The zero-order valence-corrected chi connectivity index (χ0v) is 14.8. The minimum atomic E-state index is 0.504. The zero-order chi connectivity index (χ0) is 17.2. The third kappa shape index (κ3) is 5.74. The van der Waals surface area contributed by atoms with Crippen LogP contribution in [0.3, 0.4) is 0 Å². The second-order valence-electron chi connectivity index (χ2n) is 5.05. The molecule has 24 heavy (non-hydrogen) atoms. The Bertz CT molecular complexity index is 661. The van der Waals surface area contributed by atoms with Gasteiger partial charge in [-0.2, -0.15) is 0 Å². The normalized spacial score (nSPS) is 11.2. The van der Waals surface area contributed by atoms with Gasteiger partial charge in [-0.25, -0.2) is 4.99 Å². The van der Waals surface area contributed by atoms with Crippen molar-refractivity contribution in [2.75, 3.05) is 13.2 Å². The van der Waals surface area contributed by atoms with Crippen molar-refractivity contribution in [3.05, 3.63) is 58.9 Å².